The number of nitrogens with one attached hydrogen (secondary N) is 1. The van der Waals surface area contributed by atoms with Crippen molar-refractivity contribution in [2.24, 2.45) is 0 Å². The van der Waals surface area contributed by atoms with E-state index in [1.807, 2.05) is 39.0 Å². The summed E-state index contributed by atoms with van der Waals surface area (Å²) in [7, 11) is 0. The van der Waals surface area contributed by atoms with Crippen molar-refractivity contribution in [1.82, 2.24) is 10.1 Å². The smallest absolute Gasteiger partial charge is 0.215 e. The molecule has 0 aliphatic rings. The first kappa shape index (κ1) is 13.4. The van der Waals surface area contributed by atoms with Gasteiger partial charge in [-0.2, -0.15) is 4.98 Å². The van der Waals surface area contributed by atoms with Gasteiger partial charge < -0.3 is 14.6 Å². The highest BCUT2D eigenvalue weighted by Gasteiger charge is 2.16. The van der Waals surface area contributed by atoms with Crippen LogP contribution in [-0.2, 0) is 0 Å². The third kappa shape index (κ3) is 3.05. The Morgan fingerprint density at radius 1 is 1.37 bits per heavy atom. The summed E-state index contributed by atoms with van der Waals surface area (Å²) in [5.74, 6) is 2.23. The zero-order valence-electron chi connectivity index (χ0n) is 11.7. The van der Waals surface area contributed by atoms with Crippen molar-refractivity contribution < 1.29 is 9.26 Å². The van der Waals surface area contributed by atoms with Crippen LogP contribution >= 0.6 is 0 Å². The molecular weight excluding hydrogens is 242 g/mol. The average Bonchev–Trinajstić information content (AvgIpc) is 2.70. The SMILES string of the molecule is CCOc1cccc(NC(C)c2c(C)noc2C)n1. The Hall–Kier alpha value is -2.04. The normalized spacial score (nSPS) is 12.2. The molecule has 0 aliphatic carbocycles. The number of rotatable bonds is 5. The number of nitrogens with zero attached hydrogens (tertiary/aromatic N) is 2. The van der Waals surface area contributed by atoms with Crippen LogP contribution < -0.4 is 10.1 Å². The van der Waals surface area contributed by atoms with Crippen LogP contribution in [-0.4, -0.2) is 16.7 Å². The number of hydrogen-bond donors (Lipinski definition) is 1. The Balaban J connectivity index is 2.14. The van der Waals surface area contributed by atoms with Crippen molar-refractivity contribution in [1.29, 1.82) is 0 Å². The van der Waals surface area contributed by atoms with Gasteiger partial charge in [0.15, 0.2) is 0 Å². The van der Waals surface area contributed by atoms with Gasteiger partial charge >= 0.3 is 0 Å². The molecule has 5 heteroatoms. The van der Waals surface area contributed by atoms with Crippen LogP contribution in [0.25, 0.3) is 0 Å². The summed E-state index contributed by atoms with van der Waals surface area (Å²) in [6.45, 7) is 8.46. The largest absolute Gasteiger partial charge is 0.478 e. The van der Waals surface area contributed by atoms with E-state index in [0.717, 1.165) is 22.8 Å². The highest BCUT2D eigenvalue weighted by atomic mass is 16.5. The summed E-state index contributed by atoms with van der Waals surface area (Å²) in [6.07, 6.45) is 0. The minimum atomic E-state index is 0.0793. The molecule has 0 bridgehead atoms. The molecule has 0 fully saturated rings. The van der Waals surface area contributed by atoms with Gasteiger partial charge in [-0.05, 0) is 33.8 Å². The fourth-order valence-electron chi connectivity index (χ4n) is 2.13. The Morgan fingerprint density at radius 3 is 2.79 bits per heavy atom. The second-order valence-electron chi connectivity index (χ2n) is 4.40. The predicted molar refractivity (Wildman–Crippen MR) is 73.4 cm³/mol. The molecule has 2 rings (SSSR count). The van der Waals surface area contributed by atoms with Crippen molar-refractivity contribution in [3.8, 4) is 5.88 Å². The van der Waals surface area contributed by atoms with Gasteiger partial charge in [0.25, 0.3) is 0 Å². The second-order valence-corrected chi connectivity index (χ2v) is 4.40. The summed E-state index contributed by atoms with van der Waals surface area (Å²) >= 11 is 0. The van der Waals surface area contributed by atoms with Crippen LogP contribution in [0.4, 0.5) is 5.82 Å². The fourth-order valence-corrected chi connectivity index (χ4v) is 2.13. The minimum absolute atomic E-state index is 0.0793. The molecule has 0 spiro atoms. The van der Waals surface area contributed by atoms with Crippen LogP contribution in [0.2, 0.25) is 0 Å². The molecule has 2 aromatic heterocycles. The van der Waals surface area contributed by atoms with Gasteiger partial charge in [0.1, 0.15) is 11.6 Å². The van der Waals surface area contributed by atoms with Crippen molar-refractivity contribution in [2.75, 3.05) is 11.9 Å². The fraction of sp³-hybridized carbons (Fsp3) is 0.429. The second kappa shape index (κ2) is 5.73. The van der Waals surface area contributed by atoms with Gasteiger partial charge in [-0.15, -0.1) is 0 Å². The molecule has 1 N–H and O–H groups in total. The Morgan fingerprint density at radius 2 is 2.16 bits per heavy atom. The zero-order chi connectivity index (χ0) is 13.8. The first-order chi connectivity index (χ1) is 9.11. The lowest BCUT2D eigenvalue weighted by molar-refractivity contribution is 0.327. The molecular formula is C14H19N3O2. The molecule has 19 heavy (non-hydrogen) atoms. The van der Waals surface area contributed by atoms with E-state index in [0.29, 0.717) is 12.5 Å². The number of pyridine rings is 1. The summed E-state index contributed by atoms with van der Waals surface area (Å²) in [5.41, 5.74) is 1.97. The Bertz CT molecular complexity index is 532. The maximum Gasteiger partial charge on any atom is 0.215 e. The van der Waals surface area contributed by atoms with Crippen molar-refractivity contribution in [3.63, 3.8) is 0 Å². The van der Waals surface area contributed by atoms with Crippen LogP contribution in [0.3, 0.4) is 0 Å². The lowest BCUT2D eigenvalue weighted by atomic mass is 10.1. The molecule has 0 saturated heterocycles. The van der Waals surface area contributed by atoms with Gasteiger partial charge in [-0.3, -0.25) is 0 Å². The molecule has 0 radical (unpaired) electrons. The molecule has 1 unspecified atom stereocenters. The van der Waals surface area contributed by atoms with Gasteiger partial charge in [0.2, 0.25) is 5.88 Å². The van der Waals surface area contributed by atoms with Crippen LogP contribution in [0, 0.1) is 13.8 Å². The lowest BCUT2D eigenvalue weighted by Gasteiger charge is -2.14. The first-order valence-corrected chi connectivity index (χ1v) is 6.41. The van der Waals surface area contributed by atoms with Gasteiger partial charge in [-0.25, -0.2) is 0 Å². The number of anilines is 1. The van der Waals surface area contributed by atoms with Gasteiger partial charge in [0, 0.05) is 11.6 Å². The van der Waals surface area contributed by atoms with E-state index in [-0.39, 0.29) is 6.04 Å². The topological polar surface area (TPSA) is 60.2 Å². The molecule has 0 saturated carbocycles. The average molecular weight is 261 g/mol. The van der Waals surface area contributed by atoms with E-state index < -0.39 is 0 Å². The third-order valence-electron chi connectivity index (χ3n) is 2.90. The summed E-state index contributed by atoms with van der Waals surface area (Å²) in [5, 5.41) is 7.30. The van der Waals surface area contributed by atoms with E-state index in [2.05, 4.69) is 22.4 Å². The molecule has 5 nitrogen and oxygen atoms in total. The lowest BCUT2D eigenvalue weighted by Crippen LogP contribution is -2.10. The summed E-state index contributed by atoms with van der Waals surface area (Å²) in [6, 6.07) is 5.75. The molecule has 2 heterocycles. The molecule has 0 aliphatic heterocycles. The monoisotopic (exact) mass is 261 g/mol. The van der Waals surface area contributed by atoms with Crippen molar-refractivity contribution in [3.05, 3.63) is 35.2 Å². The highest BCUT2D eigenvalue weighted by molar-refractivity contribution is 5.41. The Labute approximate surface area is 113 Å². The van der Waals surface area contributed by atoms with E-state index in [1.165, 1.54) is 0 Å². The van der Waals surface area contributed by atoms with Gasteiger partial charge in [0.05, 0.1) is 18.3 Å². The number of aromatic nitrogens is 2. The molecule has 1 atom stereocenters. The standard InChI is InChI=1S/C14H19N3O2/c1-5-18-13-8-6-7-12(16-13)15-9(2)14-10(3)17-19-11(14)4/h6-9H,5H2,1-4H3,(H,15,16). The number of ether oxygens (including phenoxy) is 1. The van der Waals surface area contributed by atoms with Crippen LogP contribution in [0.15, 0.2) is 22.7 Å². The van der Waals surface area contributed by atoms with Crippen LogP contribution in [0.1, 0.15) is 36.9 Å². The Kier molecular flexibility index (Phi) is 4.04. The number of aryl methyl sites for hydroxylation is 2. The van der Waals surface area contributed by atoms with E-state index in [9.17, 15) is 0 Å². The molecule has 2 aromatic rings. The highest BCUT2D eigenvalue weighted by Crippen LogP contribution is 2.24. The molecule has 102 valence electrons. The van der Waals surface area contributed by atoms with Crippen LogP contribution in [0.5, 0.6) is 5.88 Å². The minimum Gasteiger partial charge on any atom is -0.478 e. The molecule has 0 aromatic carbocycles. The quantitative estimate of drug-likeness (QED) is 0.895. The summed E-state index contributed by atoms with van der Waals surface area (Å²) in [4.78, 5) is 4.39. The van der Waals surface area contributed by atoms with E-state index >= 15 is 0 Å². The number of hydrogen-bond acceptors (Lipinski definition) is 5. The summed E-state index contributed by atoms with van der Waals surface area (Å²) < 4.78 is 10.6. The zero-order valence-corrected chi connectivity index (χ0v) is 11.7. The van der Waals surface area contributed by atoms with E-state index in [4.69, 9.17) is 9.26 Å². The third-order valence-corrected chi connectivity index (χ3v) is 2.90. The first-order valence-electron chi connectivity index (χ1n) is 6.41. The molecule has 0 amide bonds. The maximum atomic E-state index is 5.38. The van der Waals surface area contributed by atoms with Crippen molar-refractivity contribution in [2.45, 2.75) is 33.7 Å². The van der Waals surface area contributed by atoms with Crippen molar-refractivity contribution >= 4 is 5.82 Å². The van der Waals surface area contributed by atoms with E-state index in [1.54, 1.807) is 0 Å². The predicted octanol–water partition coefficient (Wildman–Crippen LogP) is 3.26. The maximum absolute atomic E-state index is 5.38. The van der Waals surface area contributed by atoms with Gasteiger partial charge in [-0.1, -0.05) is 11.2 Å².